The van der Waals surface area contributed by atoms with E-state index < -0.39 is 28.5 Å². The third kappa shape index (κ3) is 8.17. The van der Waals surface area contributed by atoms with Gasteiger partial charge in [0.05, 0.1) is 24.8 Å². The number of hydrogen-bond acceptors (Lipinski definition) is 6. The van der Waals surface area contributed by atoms with Crippen molar-refractivity contribution in [1.82, 2.24) is 10.2 Å². The number of rotatable bonds is 13. The molecule has 2 amide bonds. The van der Waals surface area contributed by atoms with Gasteiger partial charge in [0.25, 0.3) is 10.0 Å². The number of methoxy groups -OCH3 is 2. The first-order chi connectivity index (χ1) is 19.9. The van der Waals surface area contributed by atoms with Gasteiger partial charge in [0.1, 0.15) is 24.1 Å². The quantitative estimate of drug-likeness (QED) is 0.289. The molecule has 0 aliphatic rings. The molecule has 0 radical (unpaired) electrons. The molecule has 0 bridgehead atoms. The van der Waals surface area contributed by atoms with E-state index in [1.165, 1.54) is 43.4 Å². The van der Waals surface area contributed by atoms with E-state index in [0.717, 1.165) is 9.87 Å². The van der Waals surface area contributed by atoms with Gasteiger partial charge in [-0.15, -0.1) is 0 Å². The van der Waals surface area contributed by atoms with Gasteiger partial charge in [-0.3, -0.25) is 13.9 Å². The maximum atomic E-state index is 14.1. The average molecular weight is 616 g/mol. The number of hydrogen-bond donors (Lipinski definition) is 1. The zero-order valence-corrected chi connectivity index (χ0v) is 26.3. The molecular weight excluding hydrogens is 578 g/mol. The molecule has 0 heterocycles. The fraction of sp³-hybridized carbons (Fsp3) is 0.355. The van der Waals surface area contributed by atoms with Gasteiger partial charge in [-0.2, -0.15) is 0 Å². The number of carbonyl (C=O) groups is 2. The first-order valence-electron chi connectivity index (χ1n) is 13.5. The van der Waals surface area contributed by atoms with Crippen molar-refractivity contribution >= 4 is 39.1 Å². The second-order valence-electron chi connectivity index (χ2n) is 10.3. The van der Waals surface area contributed by atoms with Crippen molar-refractivity contribution in [3.05, 3.63) is 82.9 Å². The normalized spacial score (nSPS) is 12.0. The zero-order chi connectivity index (χ0) is 31.0. The number of ether oxygens (including phenoxy) is 2. The highest BCUT2D eigenvalue weighted by Crippen LogP contribution is 2.35. The highest BCUT2D eigenvalue weighted by Gasteiger charge is 2.34. The van der Waals surface area contributed by atoms with Crippen LogP contribution in [0.15, 0.2) is 71.6 Å². The molecule has 1 unspecified atom stereocenters. The van der Waals surface area contributed by atoms with Crippen molar-refractivity contribution in [1.29, 1.82) is 0 Å². The lowest BCUT2D eigenvalue weighted by Gasteiger charge is -2.32. The molecule has 0 spiro atoms. The first-order valence-corrected chi connectivity index (χ1v) is 15.3. The summed E-state index contributed by atoms with van der Waals surface area (Å²) in [7, 11) is -1.33. The molecule has 42 heavy (non-hydrogen) atoms. The van der Waals surface area contributed by atoms with E-state index in [2.05, 4.69) is 5.32 Å². The number of benzene rings is 3. The molecule has 226 valence electrons. The van der Waals surface area contributed by atoms with Crippen molar-refractivity contribution in [3.63, 3.8) is 0 Å². The largest absolute Gasteiger partial charge is 0.497 e. The van der Waals surface area contributed by atoms with E-state index in [4.69, 9.17) is 21.1 Å². The van der Waals surface area contributed by atoms with Crippen LogP contribution in [0.4, 0.5) is 5.69 Å². The third-order valence-electron chi connectivity index (χ3n) is 6.64. The van der Waals surface area contributed by atoms with Crippen molar-refractivity contribution < 1.29 is 27.5 Å². The lowest BCUT2D eigenvalue weighted by molar-refractivity contribution is -0.139. The van der Waals surface area contributed by atoms with Gasteiger partial charge in [-0.1, -0.05) is 55.3 Å². The van der Waals surface area contributed by atoms with Crippen LogP contribution >= 0.6 is 11.6 Å². The number of aryl methyl sites for hydroxylation is 1. The second-order valence-corrected chi connectivity index (χ2v) is 12.6. The molecule has 3 aromatic rings. The van der Waals surface area contributed by atoms with E-state index in [1.54, 1.807) is 43.3 Å². The van der Waals surface area contributed by atoms with Gasteiger partial charge in [-0.25, -0.2) is 8.42 Å². The average Bonchev–Trinajstić information content (AvgIpc) is 2.97. The fourth-order valence-corrected chi connectivity index (χ4v) is 5.79. The van der Waals surface area contributed by atoms with Crippen molar-refractivity contribution in [2.45, 2.75) is 45.2 Å². The van der Waals surface area contributed by atoms with Gasteiger partial charge >= 0.3 is 0 Å². The van der Waals surface area contributed by atoms with E-state index in [1.807, 2.05) is 26.8 Å². The van der Waals surface area contributed by atoms with Gasteiger partial charge in [0, 0.05) is 18.1 Å². The summed E-state index contributed by atoms with van der Waals surface area (Å²) in [6.45, 7) is 7.26. The second kappa shape index (κ2) is 14.4. The van der Waals surface area contributed by atoms with E-state index >= 15 is 0 Å². The summed E-state index contributed by atoms with van der Waals surface area (Å²) in [6.07, 6.45) is 0. The zero-order valence-electron chi connectivity index (χ0n) is 24.8. The standard InChI is InChI=1S/C31H38ClN3O6S/c1-21(2)18-33-31(37)23(4)34(19-24-8-7-9-26(16-24)40-5)30(36)20-35(28-17-25(32)12-15-29(28)41-6)42(38,39)27-13-10-22(3)11-14-27/h7-17,21,23H,18-20H2,1-6H3,(H,33,37). The van der Waals surface area contributed by atoms with Crippen molar-refractivity contribution in [3.8, 4) is 11.5 Å². The Labute approximate surface area is 253 Å². The number of nitrogens with one attached hydrogen (secondary N) is 1. The first kappa shape index (κ1) is 32.8. The lowest BCUT2D eigenvalue weighted by atomic mass is 10.1. The van der Waals surface area contributed by atoms with Gasteiger partial charge in [0.15, 0.2) is 0 Å². The number of carbonyl (C=O) groups excluding carboxylic acids is 2. The Hall–Kier alpha value is -3.76. The summed E-state index contributed by atoms with van der Waals surface area (Å²) < 4.78 is 39.9. The lowest BCUT2D eigenvalue weighted by Crippen LogP contribution is -2.51. The molecule has 0 aliphatic carbocycles. The van der Waals surface area contributed by atoms with E-state index in [9.17, 15) is 18.0 Å². The smallest absolute Gasteiger partial charge is 0.264 e. The topological polar surface area (TPSA) is 105 Å². The van der Waals surface area contributed by atoms with Gasteiger partial charge < -0.3 is 19.7 Å². The van der Waals surface area contributed by atoms with Crippen LogP contribution in [0.5, 0.6) is 11.5 Å². The maximum absolute atomic E-state index is 14.1. The number of amides is 2. The minimum absolute atomic E-state index is 0.00926. The summed E-state index contributed by atoms with van der Waals surface area (Å²) in [6, 6.07) is 17.1. The van der Waals surface area contributed by atoms with Crippen LogP contribution in [0.2, 0.25) is 5.02 Å². The van der Waals surface area contributed by atoms with Crippen LogP contribution in [-0.4, -0.2) is 58.5 Å². The predicted molar refractivity (Wildman–Crippen MR) is 165 cm³/mol. The predicted octanol–water partition coefficient (Wildman–Crippen LogP) is 5.05. The summed E-state index contributed by atoms with van der Waals surface area (Å²) in [4.78, 5) is 28.6. The highest BCUT2D eigenvalue weighted by atomic mass is 35.5. The van der Waals surface area contributed by atoms with Crippen LogP contribution in [0.25, 0.3) is 0 Å². The van der Waals surface area contributed by atoms with Crippen LogP contribution < -0.4 is 19.1 Å². The van der Waals surface area contributed by atoms with Crippen LogP contribution in [-0.2, 0) is 26.2 Å². The molecule has 3 rings (SSSR count). The molecule has 0 aliphatic heterocycles. The van der Waals surface area contributed by atoms with E-state index in [0.29, 0.717) is 17.9 Å². The van der Waals surface area contributed by atoms with Crippen molar-refractivity contribution in [2.24, 2.45) is 5.92 Å². The molecule has 0 saturated heterocycles. The SMILES string of the molecule is COc1cccc(CN(C(=O)CN(c2cc(Cl)ccc2OC)S(=O)(=O)c2ccc(C)cc2)C(C)C(=O)NCC(C)C)c1. The minimum Gasteiger partial charge on any atom is -0.497 e. The molecule has 9 nitrogen and oxygen atoms in total. The Bertz CT molecular complexity index is 1490. The Morgan fingerprint density at radius 1 is 0.952 bits per heavy atom. The minimum atomic E-state index is -4.27. The van der Waals surface area contributed by atoms with Gasteiger partial charge in [0.2, 0.25) is 11.8 Å². The molecule has 1 N–H and O–H groups in total. The Kier molecular flexibility index (Phi) is 11.2. The molecule has 1 atom stereocenters. The highest BCUT2D eigenvalue weighted by molar-refractivity contribution is 7.92. The molecular formula is C31H38ClN3O6S. The fourth-order valence-electron chi connectivity index (χ4n) is 4.21. The Morgan fingerprint density at radius 3 is 2.26 bits per heavy atom. The number of anilines is 1. The summed E-state index contributed by atoms with van der Waals surface area (Å²) >= 11 is 6.28. The molecule has 0 aromatic heterocycles. The number of sulfonamides is 1. The number of halogens is 1. The summed E-state index contributed by atoms with van der Waals surface area (Å²) in [5.74, 6) is 0.0547. The Morgan fingerprint density at radius 2 is 1.64 bits per heavy atom. The molecule has 11 heteroatoms. The van der Waals surface area contributed by atoms with Crippen LogP contribution in [0.1, 0.15) is 31.9 Å². The van der Waals surface area contributed by atoms with E-state index in [-0.39, 0.29) is 39.7 Å². The maximum Gasteiger partial charge on any atom is 0.264 e. The Balaban J connectivity index is 2.09. The molecule has 0 saturated carbocycles. The number of nitrogens with zero attached hydrogens (tertiary/aromatic N) is 2. The molecule has 3 aromatic carbocycles. The van der Waals surface area contributed by atoms with Gasteiger partial charge in [-0.05, 0) is 67.8 Å². The molecule has 0 fully saturated rings. The monoisotopic (exact) mass is 615 g/mol. The summed E-state index contributed by atoms with van der Waals surface area (Å²) in [5, 5.41) is 3.13. The third-order valence-corrected chi connectivity index (χ3v) is 8.65. The summed E-state index contributed by atoms with van der Waals surface area (Å²) in [5.41, 5.74) is 1.68. The van der Waals surface area contributed by atoms with Crippen molar-refractivity contribution in [2.75, 3.05) is 31.6 Å². The van der Waals surface area contributed by atoms with Crippen LogP contribution in [0, 0.1) is 12.8 Å². The van der Waals surface area contributed by atoms with Crippen LogP contribution in [0.3, 0.4) is 0 Å².